The number of anilines is 1. The summed E-state index contributed by atoms with van der Waals surface area (Å²) in [7, 11) is 0. The number of nitrogens with one attached hydrogen (secondary N) is 1. The lowest BCUT2D eigenvalue weighted by atomic mass is 9.65. The predicted octanol–water partition coefficient (Wildman–Crippen LogP) is 3.14. The van der Waals surface area contributed by atoms with Crippen LogP contribution in [0.15, 0.2) is 18.2 Å². The highest BCUT2D eigenvalue weighted by Crippen LogP contribution is 2.42. The smallest absolute Gasteiger partial charge is 0.227 e. The number of carbonyl (C=O) groups excluding carboxylic acids is 1. The van der Waals surface area contributed by atoms with Gasteiger partial charge in [-0.3, -0.25) is 4.79 Å². The van der Waals surface area contributed by atoms with E-state index in [9.17, 15) is 9.90 Å². The summed E-state index contributed by atoms with van der Waals surface area (Å²) in [6.07, 6.45) is 5.19. The molecule has 2 unspecified atom stereocenters. The van der Waals surface area contributed by atoms with Crippen LogP contribution in [-0.4, -0.2) is 17.1 Å². The molecule has 21 heavy (non-hydrogen) atoms. The fraction of sp³-hybridized carbons (Fsp3) is 0.562. The molecule has 2 aliphatic rings. The number of hydrogen-bond acceptors (Lipinski definition) is 3. The molecule has 0 aliphatic heterocycles. The topological polar surface area (TPSA) is 75.4 Å². The fourth-order valence-electron chi connectivity index (χ4n) is 3.85. The van der Waals surface area contributed by atoms with E-state index in [1.165, 1.54) is 6.42 Å². The summed E-state index contributed by atoms with van der Waals surface area (Å²) in [5.74, 6) is 0.803. The monoisotopic (exact) mass is 308 g/mol. The number of para-hydroxylation sites is 1. The Morgan fingerprint density at radius 3 is 2.62 bits per heavy atom. The molecule has 4 N–H and O–H groups in total. The number of hydrogen-bond donors (Lipinski definition) is 3. The molecule has 2 saturated carbocycles. The second-order valence-electron chi connectivity index (χ2n) is 6.32. The van der Waals surface area contributed by atoms with Crippen molar-refractivity contribution in [3.8, 4) is 5.75 Å². The fourth-order valence-corrected chi connectivity index (χ4v) is 4.03. The second-order valence-corrected chi connectivity index (χ2v) is 6.73. The maximum absolute atomic E-state index is 12.5. The predicted molar refractivity (Wildman–Crippen MR) is 83.3 cm³/mol. The SMILES string of the molecule is NC1C2CCCC1CC(C(=O)Nc1cccc(Cl)c1O)C2. The lowest BCUT2D eigenvalue weighted by Gasteiger charge is -2.43. The molecule has 0 spiro atoms. The number of carbonyl (C=O) groups is 1. The van der Waals surface area contributed by atoms with Crippen LogP contribution >= 0.6 is 11.6 Å². The van der Waals surface area contributed by atoms with Crippen LogP contribution in [0.1, 0.15) is 32.1 Å². The van der Waals surface area contributed by atoms with Crippen molar-refractivity contribution in [3.63, 3.8) is 0 Å². The molecule has 4 nitrogen and oxygen atoms in total. The van der Waals surface area contributed by atoms with E-state index in [1.54, 1.807) is 18.2 Å². The molecule has 0 aromatic heterocycles. The Hall–Kier alpha value is -1.26. The van der Waals surface area contributed by atoms with Crippen molar-refractivity contribution in [1.82, 2.24) is 0 Å². The molecule has 0 saturated heterocycles. The number of nitrogens with two attached hydrogens (primary N) is 1. The van der Waals surface area contributed by atoms with Gasteiger partial charge in [0.1, 0.15) is 0 Å². The zero-order chi connectivity index (χ0) is 15.0. The lowest BCUT2D eigenvalue weighted by molar-refractivity contribution is -0.122. The van der Waals surface area contributed by atoms with Gasteiger partial charge in [-0.2, -0.15) is 0 Å². The van der Waals surface area contributed by atoms with Gasteiger partial charge in [0.25, 0.3) is 0 Å². The first-order valence-corrected chi connectivity index (χ1v) is 7.98. The van der Waals surface area contributed by atoms with Gasteiger partial charge < -0.3 is 16.2 Å². The number of phenols is 1. The third-order valence-corrected chi connectivity index (χ3v) is 5.33. The second kappa shape index (κ2) is 5.85. The Morgan fingerprint density at radius 1 is 1.29 bits per heavy atom. The van der Waals surface area contributed by atoms with Crippen molar-refractivity contribution in [1.29, 1.82) is 0 Å². The van der Waals surface area contributed by atoms with E-state index in [-0.39, 0.29) is 28.6 Å². The standard InChI is InChI=1S/C16H21ClN2O2/c17-12-5-2-6-13(15(12)20)19-16(21)11-7-9-3-1-4-10(8-11)14(9)18/h2,5-6,9-11,14,20H,1,3-4,7-8,18H2,(H,19,21). The molecule has 1 aromatic carbocycles. The van der Waals surface area contributed by atoms with Crippen molar-refractivity contribution >= 4 is 23.2 Å². The zero-order valence-corrected chi connectivity index (χ0v) is 12.6. The van der Waals surface area contributed by atoms with Crippen LogP contribution in [0.2, 0.25) is 5.02 Å². The molecule has 1 aromatic rings. The quantitative estimate of drug-likeness (QED) is 0.735. The first-order chi connectivity index (χ1) is 10.1. The summed E-state index contributed by atoms with van der Waals surface area (Å²) in [4.78, 5) is 12.5. The molecule has 2 bridgehead atoms. The van der Waals surface area contributed by atoms with Crippen molar-refractivity contribution in [2.45, 2.75) is 38.1 Å². The molecule has 2 aliphatic carbocycles. The van der Waals surface area contributed by atoms with E-state index >= 15 is 0 Å². The van der Waals surface area contributed by atoms with Gasteiger partial charge in [-0.05, 0) is 49.7 Å². The van der Waals surface area contributed by atoms with Crippen LogP contribution in [0.5, 0.6) is 5.75 Å². The number of phenolic OH excluding ortho intramolecular Hbond substituents is 1. The van der Waals surface area contributed by atoms with E-state index in [1.807, 2.05) is 0 Å². The van der Waals surface area contributed by atoms with Gasteiger partial charge in [-0.15, -0.1) is 0 Å². The summed E-state index contributed by atoms with van der Waals surface area (Å²) in [6, 6.07) is 5.22. The van der Waals surface area contributed by atoms with E-state index in [0.717, 1.165) is 25.7 Å². The maximum Gasteiger partial charge on any atom is 0.227 e. The molecular weight excluding hydrogens is 288 g/mol. The van der Waals surface area contributed by atoms with E-state index < -0.39 is 0 Å². The molecule has 2 atom stereocenters. The van der Waals surface area contributed by atoms with Crippen LogP contribution in [0.3, 0.4) is 0 Å². The molecule has 1 amide bonds. The van der Waals surface area contributed by atoms with Crippen LogP contribution in [0.25, 0.3) is 0 Å². The third-order valence-electron chi connectivity index (χ3n) is 5.03. The summed E-state index contributed by atoms with van der Waals surface area (Å²) in [5.41, 5.74) is 6.64. The highest BCUT2D eigenvalue weighted by Gasteiger charge is 2.40. The number of rotatable bonds is 2. The van der Waals surface area contributed by atoms with Crippen LogP contribution in [0.4, 0.5) is 5.69 Å². The first kappa shape index (κ1) is 14.7. The third kappa shape index (κ3) is 2.87. The van der Waals surface area contributed by atoms with Gasteiger partial charge in [0.2, 0.25) is 5.91 Å². The number of fused-ring (bicyclic) bond motifs is 2. The molecule has 0 heterocycles. The Morgan fingerprint density at radius 2 is 1.95 bits per heavy atom. The van der Waals surface area contributed by atoms with Crippen molar-refractivity contribution in [3.05, 3.63) is 23.2 Å². The normalized spacial score (nSPS) is 31.7. The minimum absolute atomic E-state index is 0.0153. The summed E-state index contributed by atoms with van der Waals surface area (Å²) in [6.45, 7) is 0. The average molecular weight is 309 g/mol. The lowest BCUT2D eigenvalue weighted by Crippen LogP contribution is -2.48. The van der Waals surface area contributed by atoms with Crippen molar-refractivity contribution in [2.24, 2.45) is 23.5 Å². The van der Waals surface area contributed by atoms with Crippen LogP contribution < -0.4 is 11.1 Å². The summed E-state index contributed by atoms with van der Waals surface area (Å²) >= 11 is 5.86. The molecule has 114 valence electrons. The number of aromatic hydroxyl groups is 1. The molecule has 2 fully saturated rings. The van der Waals surface area contributed by atoms with Crippen molar-refractivity contribution < 1.29 is 9.90 Å². The van der Waals surface area contributed by atoms with E-state index in [0.29, 0.717) is 17.5 Å². The number of amides is 1. The summed E-state index contributed by atoms with van der Waals surface area (Å²) in [5, 5.41) is 12.9. The first-order valence-electron chi connectivity index (χ1n) is 7.60. The molecule has 5 heteroatoms. The van der Waals surface area contributed by atoms with Crippen LogP contribution in [0, 0.1) is 17.8 Å². The van der Waals surface area contributed by atoms with Gasteiger partial charge in [0, 0.05) is 12.0 Å². The Labute approximate surface area is 129 Å². The zero-order valence-electron chi connectivity index (χ0n) is 11.9. The summed E-state index contributed by atoms with van der Waals surface area (Å²) < 4.78 is 0. The minimum Gasteiger partial charge on any atom is -0.504 e. The van der Waals surface area contributed by atoms with Gasteiger partial charge >= 0.3 is 0 Å². The Kier molecular flexibility index (Phi) is 4.09. The molecule has 3 rings (SSSR count). The molecule has 0 radical (unpaired) electrons. The van der Waals surface area contributed by atoms with E-state index in [2.05, 4.69) is 5.32 Å². The van der Waals surface area contributed by atoms with Gasteiger partial charge in [-0.1, -0.05) is 24.1 Å². The van der Waals surface area contributed by atoms with Gasteiger partial charge in [0.05, 0.1) is 10.7 Å². The largest absolute Gasteiger partial charge is 0.504 e. The Balaban J connectivity index is 1.70. The number of benzene rings is 1. The average Bonchev–Trinajstić information content (AvgIpc) is 2.43. The highest BCUT2D eigenvalue weighted by atomic mass is 35.5. The highest BCUT2D eigenvalue weighted by molar-refractivity contribution is 6.32. The van der Waals surface area contributed by atoms with Crippen molar-refractivity contribution in [2.75, 3.05) is 5.32 Å². The number of halogens is 1. The van der Waals surface area contributed by atoms with Gasteiger partial charge in [0.15, 0.2) is 5.75 Å². The van der Waals surface area contributed by atoms with E-state index in [4.69, 9.17) is 17.3 Å². The molecular formula is C16H21ClN2O2. The van der Waals surface area contributed by atoms with Gasteiger partial charge in [-0.25, -0.2) is 0 Å². The maximum atomic E-state index is 12.5. The Bertz CT molecular complexity index is 535. The van der Waals surface area contributed by atoms with Crippen LogP contribution in [-0.2, 0) is 4.79 Å². The minimum atomic E-state index is -0.0692.